The molecule has 1 aromatic heterocycles. The van der Waals surface area contributed by atoms with E-state index >= 15 is 0 Å². The van der Waals surface area contributed by atoms with Crippen LogP contribution in [0.15, 0.2) is 71.1 Å². The lowest BCUT2D eigenvalue weighted by molar-refractivity contribution is 0.105. The van der Waals surface area contributed by atoms with Crippen molar-refractivity contribution in [2.45, 2.75) is 19.8 Å². The first kappa shape index (κ1) is 23.1. The van der Waals surface area contributed by atoms with Gasteiger partial charge < -0.3 is 18.6 Å². The summed E-state index contributed by atoms with van der Waals surface area (Å²) in [4.78, 5) is 18.2. The number of benzene rings is 3. The number of hydrogen-bond donors (Lipinski definition) is 0. The molecule has 174 valence electrons. The molecule has 0 amide bonds. The van der Waals surface area contributed by atoms with Crippen molar-refractivity contribution in [2.75, 3.05) is 20.8 Å². The highest BCUT2D eigenvalue weighted by Gasteiger charge is 2.21. The van der Waals surface area contributed by atoms with Crippen molar-refractivity contribution in [1.29, 1.82) is 0 Å². The first-order valence-corrected chi connectivity index (χ1v) is 11.2. The Kier molecular flexibility index (Phi) is 7.28. The van der Waals surface area contributed by atoms with Crippen LogP contribution < -0.4 is 14.2 Å². The molecule has 6 nitrogen and oxygen atoms in total. The lowest BCUT2D eigenvalue weighted by Crippen LogP contribution is -2.04. The Labute approximate surface area is 198 Å². The third-order valence-corrected chi connectivity index (χ3v) is 5.37. The van der Waals surface area contributed by atoms with E-state index in [4.69, 9.17) is 18.6 Å². The molecule has 1 heterocycles. The number of para-hydroxylation sites is 2. The highest BCUT2D eigenvalue weighted by atomic mass is 16.5. The van der Waals surface area contributed by atoms with Crippen molar-refractivity contribution in [2.24, 2.45) is 0 Å². The Morgan fingerprint density at radius 3 is 2.44 bits per heavy atom. The number of ether oxygens (including phenoxy) is 3. The van der Waals surface area contributed by atoms with Crippen LogP contribution in [-0.4, -0.2) is 31.6 Å². The molecule has 6 heteroatoms. The molecule has 4 rings (SSSR count). The van der Waals surface area contributed by atoms with Gasteiger partial charge in [-0.05, 0) is 66.6 Å². The van der Waals surface area contributed by atoms with Crippen LogP contribution in [0.2, 0.25) is 0 Å². The van der Waals surface area contributed by atoms with Gasteiger partial charge in [0.1, 0.15) is 11.3 Å². The molecule has 0 fully saturated rings. The van der Waals surface area contributed by atoms with Crippen molar-refractivity contribution in [3.63, 3.8) is 0 Å². The van der Waals surface area contributed by atoms with Gasteiger partial charge in [0.25, 0.3) is 0 Å². The molecule has 0 atom stereocenters. The molecule has 0 aliphatic rings. The highest BCUT2D eigenvalue weighted by Crippen LogP contribution is 2.31. The van der Waals surface area contributed by atoms with Gasteiger partial charge in [-0.2, -0.15) is 0 Å². The van der Waals surface area contributed by atoms with Gasteiger partial charge in [0.05, 0.1) is 26.4 Å². The minimum atomic E-state index is -0.207. The molecule has 4 aromatic rings. The first-order valence-electron chi connectivity index (χ1n) is 11.2. The van der Waals surface area contributed by atoms with Gasteiger partial charge in [-0.3, -0.25) is 4.79 Å². The largest absolute Gasteiger partial charge is 0.494 e. The molecule has 0 radical (unpaired) electrons. The van der Waals surface area contributed by atoms with Gasteiger partial charge in [-0.25, -0.2) is 4.98 Å². The van der Waals surface area contributed by atoms with Gasteiger partial charge in [-0.15, -0.1) is 0 Å². The number of Topliss-reactive ketones (excluding diaryl/α,β-unsaturated/α-hetero) is 1. The van der Waals surface area contributed by atoms with E-state index < -0.39 is 0 Å². The average Bonchev–Trinajstić information content (AvgIpc) is 3.31. The van der Waals surface area contributed by atoms with Crippen LogP contribution in [0.3, 0.4) is 0 Å². The molecular formula is C28H27NO5. The molecule has 0 saturated heterocycles. The fraction of sp³-hybridized carbons (Fsp3) is 0.214. The SMILES string of the molecule is CCCCOc1ccc(C(=O)C(=Cc2ccc(OC)c(OC)c2)c2nc3ccccc3o2)cc1. The average molecular weight is 458 g/mol. The van der Waals surface area contributed by atoms with E-state index in [0.29, 0.717) is 40.3 Å². The van der Waals surface area contributed by atoms with Crippen molar-refractivity contribution in [3.8, 4) is 17.2 Å². The number of aromatic nitrogens is 1. The lowest BCUT2D eigenvalue weighted by Gasteiger charge is -2.09. The number of carbonyl (C=O) groups is 1. The molecule has 0 N–H and O–H groups in total. The fourth-order valence-corrected chi connectivity index (χ4v) is 3.51. The number of nitrogens with zero attached hydrogens (tertiary/aromatic N) is 1. The highest BCUT2D eigenvalue weighted by molar-refractivity contribution is 6.31. The predicted molar refractivity (Wildman–Crippen MR) is 133 cm³/mol. The molecule has 34 heavy (non-hydrogen) atoms. The van der Waals surface area contributed by atoms with Crippen LogP contribution in [0.1, 0.15) is 41.6 Å². The normalized spacial score (nSPS) is 11.4. The number of fused-ring (bicyclic) bond motifs is 1. The zero-order chi connectivity index (χ0) is 23.9. The molecule has 0 aliphatic heterocycles. The number of allylic oxidation sites excluding steroid dienone is 1. The third-order valence-electron chi connectivity index (χ3n) is 5.37. The zero-order valence-electron chi connectivity index (χ0n) is 19.5. The predicted octanol–water partition coefficient (Wildman–Crippen LogP) is 6.45. The number of ketones is 1. The summed E-state index contributed by atoms with van der Waals surface area (Å²) in [5.74, 6) is 1.95. The Balaban J connectivity index is 1.73. The summed E-state index contributed by atoms with van der Waals surface area (Å²) in [5, 5.41) is 0. The molecule has 3 aromatic carbocycles. The van der Waals surface area contributed by atoms with Crippen molar-refractivity contribution >= 4 is 28.5 Å². The summed E-state index contributed by atoms with van der Waals surface area (Å²) >= 11 is 0. The summed E-state index contributed by atoms with van der Waals surface area (Å²) in [6, 6.07) is 20.0. The van der Waals surface area contributed by atoms with Crippen LogP contribution in [0.25, 0.3) is 22.7 Å². The molecule has 0 spiro atoms. The van der Waals surface area contributed by atoms with Crippen LogP contribution in [0, 0.1) is 0 Å². The molecule has 0 bridgehead atoms. The quantitative estimate of drug-likeness (QED) is 0.155. The topological polar surface area (TPSA) is 70.8 Å². The number of unbranched alkanes of at least 4 members (excludes halogenated alkanes) is 1. The van der Waals surface area contributed by atoms with Crippen LogP contribution >= 0.6 is 0 Å². The first-order chi connectivity index (χ1) is 16.6. The maximum Gasteiger partial charge on any atom is 0.231 e. The van der Waals surface area contributed by atoms with E-state index in [1.165, 1.54) is 0 Å². The van der Waals surface area contributed by atoms with Gasteiger partial charge >= 0.3 is 0 Å². The fourth-order valence-electron chi connectivity index (χ4n) is 3.51. The van der Waals surface area contributed by atoms with E-state index in [-0.39, 0.29) is 11.7 Å². The Morgan fingerprint density at radius 2 is 1.74 bits per heavy atom. The van der Waals surface area contributed by atoms with E-state index in [2.05, 4.69) is 11.9 Å². The maximum absolute atomic E-state index is 13.6. The van der Waals surface area contributed by atoms with Gasteiger partial charge in [0.15, 0.2) is 22.9 Å². The summed E-state index contributed by atoms with van der Waals surface area (Å²) in [6.45, 7) is 2.76. The minimum absolute atomic E-state index is 0.207. The second-order valence-electron chi connectivity index (χ2n) is 7.71. The second-order valence-corrected chi connectivity index (χ2v) is 7.71. The summed E-state index contributed by atoms with van der Waals surface area (Å²) < 4.78 is 22.4. The number of rotatable bonds is 10. The van der Waals surface area contributed by atoms with Crippen molar-refractivity contribution in [3.05, 3.63) is 83.7 Å². The van der Waals surface area contributed by atoms with Gasteiger partial charge in [-0.1, -0.05) is 31.5 Å². The van der Waals surface area contributed by atoms with Gasteiger partial charge in [0, 0.05) is 5.56 Å². The van der Waals surface area contributed by atoms with Crippen LogP contribution in [0.4, 0.5) is 0 Å². The standard InChI is InChI=1S/C28H27NO5/c1-4-5-16-33-21-13-11-20(12-14-21)27(30)22(28-29-23-8-6-7-9-24(23)34-28)17-19-10-15-25(31-2)26(18-19)32-3/h6-15,17-18H,4-5,16H2,1-3H3. The zero-order valence-corrected chi connectivity index (χ0v) is 19.5. The summed E-state index contributed by atoms with van der Waals surface area (Å²) in [6.07, 6.45) is 3.79. The summed E-state index contributed by atoms with van der Waals surface area (Å²) in [5.41, 5.74) is 2.90. The second kappa shape index (κ2) is 10.7. The van der Waals surface area contributed by atoms with Crippen molar-refractivity contribution < 1.29 is 23.4 Å². The number of methoxy groups -OCH3 is 2. The van der Waals surface area contributed by atoms with Gasteiger partial charge in [0.2, 0.25) is 5.89 Å². The maximum atomic E-state index is 13.6. The minimum Gasteiger partial charge on any atom is -0.494 e. The smallest absolute Gasteiger partial charge is 0.231 e. The third kappa shape index (κ3) is 5.12. The van der Waals surface area contributed by atoms with E-state index in [1.54, 1.807) is 44.6 Å². The lowest BCUT2D eigenvalue weighted by atomic mass is 10.0. The molecule has 0 unspecified atom stereocenters. The van der Waals surface area contributed by atoms with Crippen LogP contribution in [0.5, 0.6) is 17.2 Å². The molecule has 0 saturated carbocycles. The van der Waals surface area contributed by atoms with E-state index in [9.17, 15) is 4.79 Å². The molecular weight excluding hydrogens is 430 g/mol. The van der Waals surface area contributed by atoms with Crippen molar-refractivity contribution in [1.82, 2.24) is 4.98 Å². The van der Waals surface area contributed by atoms with Crippen LogP contribution in [-0.2, 0) is 0 Å². The van der Waals surface area contributed by atoms with E-state index in [0.717, 1.165) is 24.2 Å². The monoisotopic (exact) mass is 457 g/mol. The number of oxazole rings is 1. The Morgan fingerprint density at radius 1 is 0.971 bits per heavy atom. The number of hydrogen-bond acceptors (Lipinski definition) is 6. The molecule has 0 aliphatic carbocycles. The van der Waals surface area contributed by atoms with E-state index in [1.807, 2.05) is 42.5 Å². The Hall–Kier alpha value is -4.06. The number of carbonyl (C=O) groups excluding carboxylic acids is 1. The summed E-state index contributed by atoms with van der Waals surface area (Å²) in [7, 11) is 3.15. The Bertz CT molecular complexity index is 1270.